The highest BCUT2D eigenvalue weighted by molar-refractivity contribution is 6.40. The maximum Gasteiger partial charge on any atom is 0.410 e. The third kappa shape index (κ3) is 36.3. The normalized spacial score (nSPS) is 21.5. The molecule has 17 nitrogen and oxygen atoms in total. The fourth-order valence-electron chi connectivity index (χ4n) is 5.15. The molecule has 4 saturated heterocycles. The molecule has 6 atom stereocenters. The monoisotopic (exact) mass is 1000 g/mol. The summed E-state index contributed by atoms with van der Waals surface area (Å²) in [6.45, 7) is 28.4. The van der Waals surface area contributed by atoms with Crippen molar-refractivity contribution < 1.29 is 58.2 Å². The third-order valence-electron chi connectivity index (χ3n) is 7.82. The van der Waals surface area contributed by atoms with E-state index in [0.717, 1.165) is 7.11 Å². The molecule has 0 aliphatic carbocycles. The Morgan fingerprint density at radius 2 is 0.788 bits per heavy atom. The van der Waals surface area contributed by atoms with E-state index in [0.29, 0.717) is 45.8 Å². The quantitative estimate of drug-likeness (QED) is 0.0770. The lowest BCUT2D eigenvalue weighted by atomic mass is 10.1. The molecule has 0 saturated carbocycles. The van der Waals surface area contributed by atoms with Gasteiger partial charge in [-0.15, -0.1) is 23.2 Å². The van der Waals surface area contributed by atoms with Gasteiger partial charge < -0.3 is 64.3 Å². The second kappa shape index (κ2) is 37.1. The number of ether oxygens (including phenoxy) is 5. The van der Waals surface area contributed by atoms with E-state index in [1.165, 1.54) is 4.90 Å². The summed E-state index contributed by atoms with van der Waals surface area (Å²) in [4.78, 5) is 52.2. The summed E-state index contributed by atoms with van der Waals surface area (Å²) in [6, 6.07) is -0.359. The zero-order chi connectivity index (χ0) is 45.4. The highest BCUT2D eigenvalue weighted by Crippen LogP contribution is 2.31. The van der Waals surface area contributed by atoms with Crippen molar-refractivity contribution in [2.24, 2.45) is 11.7 Å². The van der Waals surface area contributed by atoms with Crippen LogP contribution in [0, 0.1) is 5.92 Å². The van der Waals surface area contributed by atoms with E-state index in [2.05, 4.69) is 0 Å². The Kier molecular flexibility index (Phi) is 46.8. The number of β-amino-alcohol motifs (C(OH)–C–C–N with tert-alkyl or cyclic N) is 2. The van der Waals surface area contributed by atoms with Gasteiger partial charge in [-0.3, -0.25) is 0 Å². The number of likely N-dealkylation sites (tertiary alicyclic amines) is 3. The molecule has 0 aromatic heterocycles. The Bertz CT molecular complexity index is 1220. The van der Waals surface area contributed by atoms with Crippen LogP contribution in [0.5, 0.6) is 0 Å². The van der Waals surface area contributed by atoms with Gasteiger partial charge in [-0.1, -0.05) is 78.5 Å². The Labute approximate surface area is 414 Å². The number of morpholine rings is 1. The average molecular weight is 1000 g/mol. The van der Waals surface area contributed by atoms with Gasteiger partial charge in [0.1, 0.15) is 34.6 Å². The van der Waals surface area contributed by atoms with Crippen molar-refractivity contribution >= 4 is 47.6 Å². The van der Waals surface area contributed by atoms with E-state index >= 15 is 0 Å². The molecule has 4 fully saturated rings. The fraction of sp³-hybridized carbons (Fsp3) is 0.872. The number of aliphatic hydroxyl groups is 3. The van der Waals surface area contributed by atoms with E-state index in [4.69, 9.17) is 57.7 Å². The van der Waals surface area contributed by atoms with Crippen LogP contribution in [0.3, 0.4) is 0 Å². The lowest BCUT2D eigenvalue weighted by Crippen LogP contribution is -2.37. The number of carbonyl (C=O) groups excluding carboxylic acids is 4. The minimum atomic E-state index is -0.637. The van der Waals surface area contributed by atoms with Gasteiger partial charge in [0, 0.05) is 39.2 Å². The molecule has 0 aromatic carbocycles. The van der Waals surface area contributed by atoms with Crippen LogP contribution < -0.4 is 5.73 Å². The third-order valence-corrected chi connectivity index (χ3v) is 7.82. The molecule has 404 valence electrons. The van der Waals surface area contributed by atoms with Crippen molar-refractivity contribution in [3.05, 3.63) is 12.2 Å². The molecule has 4 amide bonds. The predicted molar refractivity (Wildman–Crippen MR) is 277 cm³/mol. The first kappa shape index (κ1) is 83.2. The van der Waals surface area contributed by atoms with Crippen molar-refractivity contribution in [3.8, 4) is 0 Å². The molecule has 2 unspecified atom stereocenters. The average Bonchev–Trinajstić information content (AvgIpc) is 3.53. The number of fused-ring (bicyclic) bond motifs is 1. The zero-order valence-electron chi connectivity index (χ0n) is 37.1. The van der Waals surface area contributed by atoms with E-state index in [1.807, 2.05) is 81.4 Å². The smallest absolute Gasteiger partial charge is 0.410 e. The molecular weight excluding hydrogens is 897 g/mol. The van der Waals surface area contributed by atoms with Gasteiger partial charge in [0.15, 0.2) is 0 Å². The number of nitrogens with zero attached hydrogens (tertiary/aromatic N) is 4. The highest BCUT2D eigenvalue weighted by atomic mass is 35.5. The van der Waals surface area contributed by atoms with Crippen LogP contribution in [0.25, 0.3) is 0 Å². The first-order chi connectivity index (χ1) is 26.4. The maximum atomic E-state index is 11.5. The first-order valence-electron chi connectivity index (χ1n) is 19.4. The summed E-state index contributed by atoms with van der Waals surface area (Å²) in [5.74, 6) is 0.141. The van der Waals surface area contributed by atoms with Gasteiger partial charge in [0.05, 0.1) is 49.8 Å². The van der Waals surface area contributed by atoms with Gasteiger partial charge >= 0.3 is 24.4 Å². The maximum absolute atomic E-state index is 11.5. The lowest BCUT2D eigenvalue weighted by molar-refractivity contribution is 0.0226. The summed E-state index contributed by atoms with van der Waals surface area (Å²) in [6.07, 6.45) is 2.25. The Morgan fingerprint density at radius 3 is 1.03 bits per heavy atom. The van der Waals surface area contributed by atoms with Crippen molar-refractivity contribution in [1.82, 2.24) is 19.6 Å². The SMILES string of the molecule is C.C.C.C.C.C.C.C.CC(C)(C)OC(=O)N1CC2OC2C1.CC(C)(C)OC(=O)N1CC=CC1.CC(C)(C)OC(=O)N1C[C@H](N)[C@@H](O)C1.CO.C[C@H]1CN(C(=O)OC(C)(C)C)C[C@@H]1O.ClCCl. The van der Waals surface area contributed by atoms with Crippen LogP contribution in [-0.2, 0) is 23.7 Å². The summed E-state index contributed by atoms with van der Waals surface area (Å²) in [5, 5.41) is 26.0. The van der Waals surface area contributed by atoms with Crippen molar-refractivity contribution in [2.75, 3.05) is 64.8 Å². The standard InChI is InChI=1S/C10H19NO3.C9H18N2O3.C9H15NO3.C9H15NO2.CH2Cl2.CH4O.8CH4/c1-7-5-11(6-8(7)12)9(13)14-10(2,3)4;1-9(2,3)14-8(13)11-4-6(10)7(12)5-11;1-9(2,3)13-8(11)10-4-6-7(5-10)12-6;1-9(2,3)12-8(11)10-6-4-5-7-10;2-1-3;1-2;;;;;;;;/h7-8,12H,5-6H2,1-4H3;6-7,12H,4-5,10H2,1-3H3;6-7H,4-5H2,1-3H3;4-5H,6-7H2,1-3H3;1H2;2H,1H3;8*1H4/t7-,8-;6-,7-;;;;;;;;;;;;/m00............/s1. The van der Waals surface area contributed by atoms with Crippen LogP contribution in [-0.4, -0.2) is 177 Å². The van der Waals surface area contributed by atoms with Crippen molar-refractivity contribution in [2.45, 2.75) is 202 Å². The molecule has 66 heavy (non-hydrogen) atoms. The summed E-state index contributed by atoms with van der Waals surface area (Å²) in [5.41, 5.74) is 3.81. The summed E-state index contributed by atoms with van der Waals surface area (Å²) >= 11 is 9.53. The van der Waals surface area contributed by atoms with Gasteiger partial charge in [-0.05, 0) is 83.1 Å². The largest absolute Gasteiger partial charge is 0.444 e. The number of epoxide rings is 1. The lowest BCUT2D eigenvalue weighted by Gasteiger charge is -2.24. The molecular formula is C47H105Cl2N5O12. The number of hydrogen-bond acceptors (Lipinski definition) is 13. The van der Waals surface area contributed by atoms with Crippen LogP contribution in [0.15, 0.2) is 12.2 Å². The molecule has 0 radical (unpaired) electrons. The van der Waals surface area contributed by atoms with Gasteiger partial charge in [0.2, 0.25) is 0 Å². The number of rotatable bonds is 0. The molecule has 0 aromatic rings. The number of hydrogen-bond donors (Lipinski definition) is 4. The predicted octanol–water partition coefficient (Wildman–Crippen LogP) is 10.1. The van der Waals surface area contributed by atoms with Crippen molar-refractivity contribution in [1.29, 1.82) is 0 Å². The first-order valence-corrected chi connectivity index (χ1v) is 20.4. The number of carbonyl (C=O) groups is 4. The number of alkyl halides is 2. The number of aliphatic hydroxyl groups excluding tert-OH is 3. The van der Waals surface area contributed by atoms with Crippen LogP contribution in [0.2, 0.25) is 0 Å². The number of halogens is 2. The molecule has 5 heterocycles. The number of amides is 4. The molecule has 0 spiro atoms. The van der Waals surface area contributed by atoms with Gasteiger partial charge in [0.25, 0.3) is 0 Å². The number of nitrogens with two attached hydrogens (primary N) is 1. The molecule has 5 rings (SSSR count). The molecule has 5 aliphatic heterocycles. The minimum absolute atomic E-state index is 0. The van der Waals surface area contributed by atoms with E-state index in [-0.39, 0.29) is 119 Å². The molecule has 5 aliphatic rings. The van der Waals surface area contributed by atoms with E-state index in [9.17, 15) is 29.4 Å². The summed E-state index contributed by atoms with van der Waals surface area (Å²) in [7, 11) is 1.00. The Morgan fingerprint density at radius 1 is 0.530 bits per heavy atom. The van der Waals surface area contributed by atoms with Crippen LogP contribution in [0.1, 0.15) is 149 Å². The molecule has 0 bridgehead atoms. The fourth-order valence-corrected chi connectivity index (χ4v) is 5.15. The Balaban J connectivity index is -0.0000000873. The summed E-state index contributed by atoms with van der Waals surface area (Å²) < 4.78 is 25.9. The topological polar surface area (TPSA) is 217 Å². The van der Waals surface area contributed by atoms with Crippen molar-refractivity contribution in [3.63, 3.8) is 0 Å². The van der Waals surface area contributed by atoms with Crippen LogP contribution in [0.4, 0.5) is 19.2 Å². The zero-order valence-corrected chi connectivity index (χ0v) is 38.6. The second-order valence-corrected chi connectivity index (χ2v) is 18.9. The van der Waals surface area contributed by atoms with Gasteiger partial charge in [-0.2, -0.15) is 0 Å². The Hall–Kier alpha value is -2.80. The minimum Gasteiger partial charge on any atom is -0.444 e. The molecule has 5 N–H and O–H groups in total. The second-order valence-electron chi connectivity index (χ2n) is 18.1. The highest BCUT2D eigenvalue weighted by Gasteiger charge is 2.49. The van der Waals surface area contributed by atoms with Crippen LogP contribution >= 0.6 is 23.2 Å². The van der Waals surface area contributed by atoms with E-state index in [1.54, 1.807) is 35.5 Å². The van der Waals surface area contributed by atoms with E-state index < -0.39 is 35.1 Å². The van der Waals surface area contributed by atoms with Gasteiger partial charge in [-0.25, -0.2) is 19.2 Å². The molecule has 19 heteroatoms.